The highest BCUT2D eigenvalue weighted by Gasteiger charge is 2.08. The van der Waals surface area contributed by atoms with E-state index < -0.39 is 0 Å². The summed E-state index contributed by atoms with van der Waals surface area (Å²) in [5.41, 5.74) is 9.52. The van der Waals surface area contributed by atoms with Crippen molar-refractivity contribution in [3.63, 3.8) is 0 Å². The van der Waals surface area contributed by atoms with Crippen molar-refractivity contribution in [3.05, 3.63) is 64.7 Å². The van der Waals surface area contributed by atoms with Gasteiger partial charge in [0.2, 0.25) is 0 Å². The smallest absolute Gasteiger partial charge is 0.0907 e. The molecule has 0 spiro atoms. The Morgan fingerprint density at radius 2 is 1.78 bits per heavy atom. The number of halogens is 1. The molecule has 3 rings (SSSR count). The second-order valence-electron chi connectivity index (χ2n) is 5.52. The Morgan fingerprint density at radius 3 is 2.52 bits per heavy atom. The van der Waals surface area contributed by atoms with Crippen molar-refractivity contribution in [1.82, 2.24) is 9.88 Å². The van der Waals surface area contributed by atoms with Crippen molar-refractivity contribution < 1.29 is 0 Å². The maximum atomic E-state index is 5.78. The average molecular weight is 348 g/mol. The minimum absolute atomic E-state index is 0. The molecule has 3 nitrogen and oxygen atoms in total. The second kappa shape index (κ2) is 8.41. The van der Waals surface area contributed by atoms with Crippen LogP contribution in [0.1, 0.15) is 16.1 Å². The topological polar surface area (TPSA) is 42.2 Å². The summed E-state index contributed by atoms with van der Waals surface area (Å²) in [4.78, 5) is 6.92. The van der Waals surface area contributed by atoms with Gasteiger partial charge < -0.3 is 5.73 Å². The molecule has 0 atom stereocenters. The zero-order valence-electron chi connectivity index (χ0n) is 13.2. The zero-order chi connectivity index (χ0) is 15.4. The Kier molecular flexibility index (Phi) is 6.54. The lowest BCUT2D eigenvalue weighted by Gasteiger charge is -2.21. The van der Waals surface area contributed by atoms with Crippen LogP contribution >= 0.6 is 23.7 Å². The van der Waals surface area contributed by atoms with Gasteiger partial charge in [0.1, 0.15) is 0 Å². The van der Waals surface area contributed by atoms with E-state index in [4.69, 9.17) is 5.73 Å². The quantitative estimate of drug-likeness (QED) is 0.733. The standard InChI is InChI=1S/C18H21N3S.ClH/c1-14-20-17-8-7-16(11-18(17)22-14)13-21(10-9-19)12-15-5-3-2-4-6-15;/h2-8,11H,9-10,12-13,19H2,1H3;1H. The third kappa shape index (κ3) is 4.75. The van der Waals surface area contributed by atoms with Crippen molar-refractivity contribution in [3.8, 4) is 0 Å². The van der Waals surface area contributed by atoms with E-state index in [9.17, 15) is 0 Å². The molecule has 122 valence electrons. The first-order valence-electron chi connectivity index (χ1n) is 7.57. The fourth-order valence-electron chi connectivity index (χ4n) is 2.68. The van der Waals surface area contributed by atoms with E-state index in [1.54, 1.807) is 11.3 Å². The van der Waals surface area contributed by atoms with E-state index in [-0.39, 0.29) is 12.4 Å². The molecule has 3 aromatic rings. The molecule has 5 heteroatoms. The maximum absolute atomic E-state index is 5.78. The van der Waals surface area contributed by atoms with E-state index >= 15 is 0 Å². The Balaban J connectivity index is 0.00000192. The van der Waals surface area contributed by atoms with Gasteiger partial charge >= 0.3 is 0 Å². The van der Waals surface area contributed by atoms with E-state index in [0.717, 1.165) is 30.2 Å². The van der Waals surface area contributed by atoms with Crippen molar-refractivity contribution in [1.29, 1.82) is 0 Å². The first-order chi connectivity index (χ1) is 10.7. The Hall–Kier alpha value is -1.46. The van der Waals surface area contributed by atoms with Crippen LogP contribution in [0.2, 0.25) is 0 Å². The highest BCUT2D eigenvalue weighted by atomic mass is 35.5. The van der Waals surface area contributed by atoms with Crippen LogP contribution < -0.4 is 5.73 Å². The lowest BCUT2D eigenvalue weighted by atomic mass is 10.1. The number of hydrogen-bond acceptors (Lipinski definition) is 4. The summed E-state index contributed by atoms with van der Waals surface area (Å²) < 4.78 is 1.27. The molecule has 0 saturated heterocycles. The summed E-state index contributed by atoms with van der Waals surface area (Å²) >= 11 is 1.76. The van der Waals surface area contributed by atoms with Crippen LogP contribution in [0.4, 0.5) is 0 Å². The molecule has 0 radical (unpaired) electrons. The summed E-state index contributed by atoms with van der Waals surface area (Å²) in [5, 5.41) is 1.12. The molecule has 0 bridgehead atoms. The molecule has 0 amide bonds. The summed E-state index contributed by atoms with van der Waals surface area (Å²) in [5.74, 6) is 0. The fraction of sp³-hybridized carbons (Fsp3) is 0.278. The largest absolute Gasteiger partial charge is 0.329 e. The second-order valence-corrected chi connectivity index (χ2v) is 6.75. The SMILES string of the molecule is Cc1nc2ccc(CN(CCN)Cc3ccccc3)cc2s1.Cl. The van der Waals surface area contributed by atoms with Gasteiger partial charge in [-0.3, -0.25) is 4.90 Å². The number of aryl methyl sites for hydroxylation is 1. The summed E-state index contributed by atoms with van der Waals surface area (Å²) in [6, 6.07) is 17.1. The first-order valence-corrected chi connectivity index (χ1v) is 8.38. The fourth-order valence-corrected chi connectivity index (χ4v) is 3.57. The molecule has 2 N–H and O–H groups in total. The third-order valence-corrected chi connectivity index (χ3v) is 4.59. The van der Waals surface area contributed by atoms with E-state index in [1.807, 2.05) is 0 Å². The molecule has 23 heavy (non-hydrogen) atoms. The molecule has 2 aromatic carbocycles. The number of benzene rings is 2. The number of rotatable bonds is 6. The molecular formula is C18H22ClN3S. The van der Waals surface area contributed by atoms with Gasteiger partial charge in [0.05, 0.1) is 15.2 Å². The van der Waals surface area contributed by atoms with E-state index in [0.29, 0.717) is 6.54 Å². The monoisotopic (exact) mass is 347 g/mol. The number of hydrogen-bond donors (Lipinski definition) is 1. The molecular weight excluding hydrogens is 326 g/mol. The summed E-state index contributed by atoms with van der Waals surface area (Å²) in [6.45, 7) is 5.47. The highest BCUT2D eigenvalue weighted by Crippen LogP contribution is 2.23. The average Bonchev–Trinajstić information content (AvgIpc) is 2.88. The molecule has 0 saturated carbocycles. The van der Waals surface area contributed by atoms with Gasteiger partial charge in [-0.15, -0.1) is 23.7 Å². The van der Waals surface area contributed by atoms with E-state index in [1.165, 1.54) is 15.8 Å². The van der Waals surface area contributed by atoms with Crippen molar-refractivity contribution >= 4 is 34.0 Å². The van der Waals surface area contributed by atoms with Gasteiger partial charge in [-0.2, -0.15) is 0 Å². The molecule has 0 fully saturated rings. The lowest BCUT2D eigenvalue weighted by molar-refractivity contribution is 0.264. The predicted octanol–water partition coefficient (Wildman–Crippen LogP) is 3.99. The van der Waals surface area contributed by atoms with Crippen LogP contribution in [0.25, 0.3) is 10.2 Å². The van der Waals surface area contributed by atoms with Crippen LogP contribution in [-0.4, -0.2) is 23.0 Å². The number of nitrogens with two attached hydrogens (primary N) is 1. The van der Waals surface area contributed by atoms with Crippen molar-refractivity contribution in [2.24, 2.45) is 5.73 Å². The van der Waals surface area contributed by atoms with Gasteiger partial charge in [-0.25, -0.2) is 4.98 Å². The van der Waals surface area contributed by atoms with E-state index in [2.05, 4.69) is 65.3 Å². The molecule has 0 aliphatic carbocycles. The van der Waals surface area contributed by atoms with Crippen molar-refractivity contribution in [2.75, 3.05) is 13.1 Å². The molecule has 1 aromatic heterocycles. The Bertz CT molecular complexity index is 742. The molecule has 0 unspecified atom stereocenters. The first kappa shape index (κ1) is 17.9. The Labute approximate surface area is 147 Å². The number of aromatic nitrogens is 1. The lowest BCUT2D eigenvalue weighted by Crippen LogP contribution is -2.28. The Morgan fingerprint density at radius 1 is 1.04 bits per heavy atom. The number of thiazole rings is 1. The van der Waals surface area contributed by atoms with Crippen LogP contribution in [-0.2, 0) is 13.1 Å². The van der Waals surface area contributed by atoms with Gasteiger partial charge in [0.15, 0.2) is 0 Å². The van der Waals surface area contributed by atoms with Gasteiger partial charge in [0, 0.05) is 26.2 Å². The van der Waals surface area contributed by atoms with Gasteiger partial charge in [0.25, 0.3) is 0 Å². The predicted molar refractivity (Wildman–Crippen MR) is 101 cm³/mol. The molecule has 0 aliphatic rings. The summed E-state index contributed by atoms with van der Waals surface area (Å²) in [6.07, 6.45) is 0. The van der Waals surface area contributed by atoms with Crippen LogP contribution in [0.5, 0.6) is 0 Å². The van der Waals surface area contributed by atoms with Crippen LogP contribution in [0, 0.1) is 6.92 Å². The minimum atomic E-state index is 0. The van der Waals surface area contributed by atoms with Crippen molar-refractivity contribution in [2.45, 2.75) is 20.0 Å². The molecule has 0 aliphatic heterocycles. The minimum Gasteiger partial charge on any atom is -0.329 e. The molecule has 1 heterocycles. The zero-order valence-corrected chi connectivity index (χ0v) is 14.9. The normalized spacial score (nSPS) is 10.9. The highest BCUT2D eigenvalue weighted by molar-refractivity contribution is 7.18. The van der Waals surface area contributed by atoms with Crippen LogP contribution in [0.15, 0.2) is 48.5 Å². The van der Waals surface area contributed by atoms with Crippen LogP contribution in [0.3, 0.4) is 0 Å². The van der Waals surface area contributed by atoms with Gasteiger partial charge in [-0.05, 0) is 30.2 Å². The maximum Gasteiger partial charge on any atom is 0.0907 e. The number of nitrogens with zero attached hydrogens (tertiary/aromatic N) is 2. The number of fused-ring (bicyclic) bond motifs is 1. The third-order valence-electron chi connectivity index (χ3n) is 3.66. The van der Waals surface area contributed by atoms with Gasteiger partial charge in [-0.1, -0.05) is 36.4 Å². The summed E-state index contributed by atoms with van der Waals surface area (Å²) in [7, 11) is 0.